The van der Waals surface area contributed by atoms with Crippen molar-refractivity contribution in [3.63, 3.8) is 0 Å². The Balaban J connectivity index is 1.96. The Bertz CT molecular complexity index is 342. The highest BCUT2D eigenvalue weighted by Gasteiger charge is 2.33. The predicted molar refractivity (Wildman–Crippen MR) is 58.0 cm³/mol. The van der Waals surface area contributed by atoms with Gasteiger partial charge in [-0.3, -0.25) is 4.57 Å². The van der Waals surface area contributed by atoms with E-state index in [1.165, 1.54) is 25.0 Å². The Morgan fingerprint density at radius 2 is 2.14 bits per heavy atom. The van der Waals surface area contributed by atoms with E-state index in [1.54, 1.807) is 0 Å². The van der Waals surface area contributed by atoms with Crippen LogP contribution in [0, 0.1) is 0 Å². The topological polar surface area (TPSA) is 30.7 Å². The monoisotopic (exact) mass is 229 g/mol. The number of rotatable bonds is 2. The van der Waals surface area contributed by atoms with Crippen LogP contribution >= 0.6 is 23.4 Å². The summed E-state index contributed by atoms with van der Waals surface area (Å²) >= 11 is 8.07. The summed E-state index contributed by atoms with van der Waals surface area (Å²) in [5.74, 6) is 4.17. The van der Waals surface area contributed by atoms with Crippen molar-refractivity contribution in [1.82, 2.24) is 14.8 Å². The number of halogens is 1. The van der Waals surface area contributed by atoms with Gasteiger partial charge in [0.1, 0.15) is 5.82 Å². The van der Waals surface area contributed by atoms with Crippen molar-refractivity contribution < 1.29 is 0 Å². The van der Waals surface area contributed by atoms with E-state index >= 15 is 0 Å². The maximum atomic E-state index is 6.08. The Labute approximate surface area is 92.2 Å². The van der Waals surface area contributed by atoms with Gasteiger partial charge in [-0.2, -0.15) is 11.8 Å². The Morgan fingerprint density at radius 3 is 2.79 bits per heavy atom. The van der Waals surface area contributed by atoms with Crippen molar-refractivity contribution >= 4 is 23.4 Å². The van der Waals surface area contributed by atoms with E-state index in [0.29, 0.717) is 17.2 Å². The summed E-state index contributed by atoms with van der Waals surface area (Å²) in [5, 5.41) is 8.77. The number of hydrogen-bond donors (Lipinski definition) is 0. The van der Waals surface area contributed by atoms with Gasteiger partial charge in [-0.05, 0) is 36.6 Å². The average molecular weight is 230 g/mol. The van der Waals surface area contributed by atoms with Gasteiger partial charge in [0.25, 0.3) is 0 Å². The molecule has 1 aliphatic heterocycles. The molecule has 0 N–H and O–H groups in total. The molecule has 1 aromatic rings. The molecule has 1 aliphatic carbocycles. The summed E-state index contributed by atoms with van der Waals surface area (Å²) < 4.78 is 2.17. The van der Waals surface area contributed by atoms with E-state index in [2.05, 4.69) is 14.8 Å². The van der Waals surface area contributed by atoms with Crippen LogP contribution in [0.5, 0.6) is 0 Å². The number of aromatic nitrogens is 3. The van der Waals surface area contributed by atoms with Crippen LogP contribution in [0.1, 0.15) is 37.0 Å². The first kappa shape index (κ1) is 9.04. The normalized spacial score (nSPS) is 27.1. The number of hydrogen-bond acceptors (Lipinski definition) is 3. The average Bonchev–Trinajstić information content (AvgIpc) is 2.75. The van der Waals surface area contributed by atoms with Gasteiger partial charge < -0.3 is 0 Å². The summed E-state index contributed by atoms with van der Waals surface area (Å²) in [6.07, 6.45) is 3.73. The van der Waals surface area contributed by atoms with Crippen molar-refractivity contribution in [2.45, 2.75) is 31.2 Å². The fourth-order valence-electron chi connectivity index (χ4n) is 1.97. The largest absolute Gasteiger partial charge is 0.298 e. The molecule has 1 saturated heterocycles. The molecule has 0 aromatic carbocycles. The molecule has 0 spiro atoms. The highest BCUT2D eigenvalue weighted by Crippen LogP contribution is 2.42. The van der Waals surface area contributed by atoms with E-state index in [-0.39, 0.29) is 0 Å². The zero-order valence-electron chi connectivity index (χ0n) is 7.82. The summed E-state index contributed by atoms with van der Waals surface area (Å²) in [6, 6.07) is 0.540. The lowest BCUT2D eigenvalue weighted by Gasteiger charge is -2.13. The standard InChI is InChI=1S/C9H12ClN3S/c10-9-12-11-8(6-1-2-6)13(9)7-3-4-14-5-7/h6-7H,1-5H2. The molecule has 14 heavy (non-hydrogen) atoms. The molecule has 1 saturated carbocycles. The van der Waals surface area contributed by atoms with Gasteiger partial charge >= 0.3 is 0 Å². The molecule has 2 fully saturated rings. The molecular weight excluding hydrogens is 218 g/mol. The second-order valence-corrected chi connectivity index (χ2v) is 5.48. The molecule has 1 unspecified atom stereocenters. The van der Waals surface area contributed by atoms with Gasteiger partial charge in [-0.1, -0.05) is 0 Å². The van der Waals surface area contributed by atoms with Gasteiger partial charge in [0, 0.05) is 17.7 Å². The van der Waals surface area contributed by atoms with Crippen LogP contribution < -0.4 is 0 Å². The first-order chi connectivity index (χ1) is 6.86. The van der Waals surface area contributed by atoms with Crippen molar-refractivity contribution in [3.8, 4) is 0 Å². The van der Waals surface area contributed by atoms with Gasteiger partial charge in [0.2, 0.25) is 5.28 Å². The van der Waals surface area contributed by atoms with Crippen LogP contribution in [0.2, 0.25) is 5.28 Å². The minimum Gasteiger partial charge on any atom is -0.298 e. The third-order valence-corrected chi connectivity index (χ3v) is 4.30. The number of nitrogens with zero attached hydrogens (tertiary/aromatic N) is 3. The summed E-state index contributed by atoms with van der Waals surface area (Å²) in [6.45, 7) is 0. The van der Waals surface area contributed by atoms with E-state index in [4.69, 9.17) is 11.6 Å². The third-order valence-electron chi connectivity index (χ3n) is 2.89. The zero-order chi connectivity index (χ0) is 9.54. The smallest absolute Gasteiger partial charge is 0.225 e. The molecule has 0 radical (unpaired) electrons. The van der Waals surface area contributed by atoms with Crippen molar-refractivity contribution in [1.29, 1.82) is 0 Å². The lowest BCUT2D eigenvalue weighted by atomic mass is 10.2. The molecule has 3 nitrogen and oxygen atoms in total. The maximum Gasteiger partial charge on any atom is 0.225 e. The van der Waals surface area contributed by atoms with Crippen LogP contribution in [-0.2, 0) is 0 Å². The SMILES string of the molecule is Clc1nnc(C2CC2)n1C1CCSC1. The fourth-order valence-corrected chi connectivity index (χ4v) is 3.42. The van der Waals surface area contributed by atoms with Crippen LogP contribution in [0.25, 0.3) is 0 Å². The lowest BCUT2D eigenvalue weighted by Crippen LogP contribution is -2.11. The summed E-state index contributed by atoms with van der Waals surface area (Å²) in [5.41, 5.74) is 0. The molecule has 0 bridgehead atoms. The molecule has 1 atom stereocenters. The molecule has 3 rings (SSSR count). The van der Waals surface area contributed by atoms with Gasteiger partial charge in [-0.15, -0.1) is 10.2 Å². The third kappa shape index (κ3) is 1.44. The predicted octanol–water partition coefficient (Wildman–Crippen LogP) is 2.49. The van der Waals surface area contributed by atoms with Crippen molar-refractivity contribution in [2.75, 3.05) is 11.5 Å². The molecule has 2 heterocycles. The Hall–Kier alpha value is -0.220. The molecule has 2 aliphatic rings. The maximum absolute atomic E-state index is 6.08. The summed E-state index contributed by atoms with van der Waals surface area (Å²) in [4.78, 5) is 0. The van der Waals surface area contributed by atoms with Crippen LogP contribution in [0.15, 0.2) is 0 Å². The molecule has 0 amide bonds. The Kier molecular flexibility index (Phi) is 2.21. The highest BCUT2D eigenvalue weighted by molar-refractivity contribution is 7.99. The van der Waals surface area contributed by atoms with Crippen LogP contribution in [-0.4, -0.2) is 26.3 Å². The second kappa shape index (κ2) is 3.42. The van der Waals surface area contributed by atoms with Crippen molar-refractivity contribution in [2.24, 2.45) is 0 Å². The molecule has 1 aromatic heterocycles. The van der Waals surface area contributed by atoms with Crippen LogP contribution in [0.3, 0.4) is 0 Å². The van der Waals surface area contributed by atoms with Gasteiger partial charge in [-0.25, -0.2) is 0 Å². The Morgan fingerprint density at radius 1 is 1.29 bits per heavy atom. The quantitative estimate of drug-likeness (QED) is 0.781. The molecule has 76 valence electrons. The van der Waals surface area contributed by atoms with E-state index in [0.717, 1.165) is 11.6 Å². The minimum absolute atomic E-state index is 0.540. The first-order valence-electron chi connectivity index (χ1n) is 5.04. The first-order valence-corrected chi connectivity index (χ1v) is 6.57. The van der Waals surface area contributed by atoms with E-state index in [1.807, 2.05) is 11.8 Å². The van der Waals surface area contributed by atoms with Gasteiger partial charge in [0.05, 0.1) is 0 Å². The number of thioether (sulfide) groups is 1. The van der Waals surface area contributed by atoms with Crippen LogP contribution in [0.4, 0.5) is 0 Å². The zero-order valence-corrected chi connectivity index (χ0v) is 9.39. The summed E-state index contributed by atoms with van der Waals surface area (Å²) in [7, 11) is 0. The highest BCUT2D eigenvalue weighted by atomic mass is 35.5. The van der Waals surface area contributed by atoms with Gasteiger partial charge in [0.15, 0.2) is 0 Å². The van der Waals surface area contributed by atoms with E-state index < -0.39 is 0 Å². The fraction of sp³-hybridized carbons (Fsp3) is 0.778. The molecule has 5 heteroatoms. The van der Waals surface area contributed by atoms with Crippen molar-refractivity contribution in [3.05, 3.63) is 11.1 Å². The minimum atomic E-state index is 0.540. The molecular formula is C9H12ClN3S. The van der Waals surface area contributed by atoms with E-state index in [9.17, 15) is 0 Å². The lowest BCUT2D eigenvalue weighted by molar-refractivity contribution is 0.535. The second-order valence-electron chi connectivity index (χ2n) is 3.99.